The van der Waals surface area contributed by atoms with Gasteiger partial charge in [-0.05, 0) is 49.7 Å². The Bertz CT molecular complexity index is 1160. The topological polar surface area (TPSA) is 40.5 Å². The Morgan fingerprint density at radius 2 is 1.88 bits per heavy atom. The summed E-state index contributed by atoms with van der Waals surface area (Å²) in [6.07, 6.45) is 4.04. The highest BCUT2D eigenvalue weighted by Crippen LogP contribution is 2.44. The first kappa shape index (κ1) is 22.3. The number of amides is 1. The van der Waals surface area contributed by atoms with E-state index in [-0.39, 0.29) is 11.3 Å². The van der Waals surface area contributed by atoms with Crippen molar-refractivity contribution in [1.29, 1.82) is 0 Å². The number of carbonyl (C=O) groups excluding carboxylic acids is 1. The molecule has 174 valence electrons. The summed E-state index contributed by atoms with van der Waals surface area (Å²) in [6, 6.07) is 14.5. The number of piperidine rings is 1. The van der Waals surface area contributed by atoms with E-state index in [1.54, 1.807) is 0 Å². The van der Waals surface area contributed by atoms with Crippen LogP contribution in [0.5, 0.6) is 0 Å². The van der Waals surface area contributed by atoms with Crippen molar-refractivity contribution in [2.75, 3.05) is 44.6 Å². The summed E-state index contributed by atoms with van der Waals surface area (Å²) in [4.78, 5) is 18.1. The molecule has 0 bridgehead atoms. The molecule has 2 aliphatic heterocycles. The van der Waals surface area contributed by atoms with Gasteiger partial charge in [-0.15, -0.1) is 0 Å². The molecule has 0 atom stereocenters. The lowest BCUT2D eigenvalue weighted by atomic mass is 9.74. The summed E-state index contributed by atoms with van der Waals surface area (Å²) >= 11 is 6.33. The number of fused-ring (bicyclic) bond motifs is 3. The first-order valence-corrected chi connectivity index (χ1v) is 12.6. The van der Waals surface area contributed by atoms with Gasteiger partial charge in [-0.1, -0.05) is 49.7 Å². The molecule has 0 unspecified atom stereocenters. The molecule has 1 aromatic heterocycles. The van der Waals surface area contributed by atoms with E-state index < -0.39 is 0 Å². The third kappa shape index (κ3) is 4.02. The fourth-order valence-corrected chi connectivity index (χ4v) is 5.79. The number of benzene rings is 2. The lowest BCUT2D eigenvalue weighted by Crippen LogP contribution is -2.46. The van der Waals surface area contributed by atoms with Crippen molar-refractivity contribution in [3.8, 4) is 0 Å². The molecule has 5 rings (SSSR count). The molecular weight excluding hydrogens is 432 g/mol. The number of halogens is 1. The van der Waals surface area contributed by atoms with Crippen LogP contribution in [0.15, 0.2) is 48.7 Å². The summed E-state index contributed by atoms with van der Waals surface area (Å²) in [5.41, 5.74) is 4.66. The predicted molar refractivity (Wildman–Crippen MR) is 136 cm³/mol. The zero-order valence-corrected chi connectivity index (χ0v) is 20.4. The van der Waals surface area contributed by atoms with E-state index in [9.17, 15) is 4.79 Å². The molecule has 2 aromatic carbocycles. The first-order chi connectivity index (χ1) is 16.0. The minimum Gasteiger partial charge on any atom is -0.384 e. The standard InChI is InChI=1S/C27H33ClN4O/c1-3-30(4-2)15-16-32-18-22(21-10-9-20(28)17-25(21)32)26(33)31-13-11-27(12-14-31)19-29-24-8-6-5-7-23(24)27/h5-10,17-18,29H,3-4,11-16,19H2,1-2H3. The van der Waals surface area contributed by atoms with Crippen molar-refractivity contribution in [2.45, 2.75) is 38.6 Å². The zero-order chi connectivity index (χ0) is 23.0. The number of likely N-dealkylation sites (tertiary alicyclic amines) is 1. The van der Waals surface area contributed by atoms with Crippen molar-refractivity contribution in [3.05, 3.63) is 64.8 Å². The van der Waals surface area contributed by atoms with Crippen LogP contribution in [0.25, 0.3) is 10.9 Å². The molecule has 0 radical (unpaired) electrons. The van der Waals surface area contributed by atoms with Gasteiger partial charge < -0.3 is 19.7 Å². The maximum Gasteiger partial charge on any atom is 0.256 e. The molecule has 5 nitrogen and oxygen atoms in total. The Hall–Kier alpha value is -2.50. The van der Waals surface area contributed by atoms with Crippen molar-refractivity contribution >= 4 is 34.1 Å². The van der Waals surface area contributed by atoms with E-state index in [1.165, 1.54) is 11.3 Å². The maximum absolute atomic E-state index is 13.7. The van der Waals surface area contributed by atoms with Crippen molar-refractivity contribution in [2.24, 2.45) is 0 Å². The van der Waals surface area contributed by atoms with Gasteiger partial charge in [0.25, 0.3) is 5.91 Å². The van der Waals surface area contributed by atoms with Crippen molar-refractivity contribution < 1.29 is 4.79 Å². The van der Waals surface area contributed by atoms with E-state index in [1.807, 2.05) is 29.3 Å². The summed E-state index contributed by atoms with van der Waals surface area (Å²) < 4.78 is 2.20. The van der Waals surface area contributed by atoms with E-state index >= 15 is 0 Å². The monoisotopic (exact) mass is 464 g/mol. The lowest BCUT2D eigenvalue weighted by molar-refractivity contribution is 0.0678. The van der Waals surface area contributed by atoms with Gasteiger partial charge in [-0.25, -0.2) is 0 Å². The number of para-hydroxylation sites is 1. The first-order valence-electron chi connectivity index (χ1n) is 12.2. The zero-order valence-electron chi connectivity index (χ0n) is 19.6. The molecule has 1 saturated heterocycles. The van der Waals surface area contributed by atoms with E-state index in [4.69, 9.17) is 11.6 Å². The van der Waals surface area contributed by atoms with Crippen LogP contribution in [-0.2, 0) is 12.0 Å². The number of anilines is 1. The molecule has 0 aliphatic carbocycles. The quantitative estimate of drug-likeness (QED) is 0.542. The maximum atomic E-state index is 13.7. The summed E-state index contributed by atoms with van der Waals surface area (Å²) in [7, 11) is 0. The second kappa shape index (κ2) is 9.03. The highest BCUT2D eigenvalue weighted by atomic mass is 35.5. The van der Waals surface area contributed by atoms with Gasteiger partial charge >= 0.3 is 0 Å². The van der Waals surface area contributed by atoms with Gasteiger partial charge in [0.05, 0.1) is 11.1 Å². The van der Waals surface area contributed by atoms with Crippen LogP contribution in [0, 0.1) is 0 Å². The number of hydrogen-bond donors (Lipinski definition) is 1. The number of nitrogens with zero attached hydrogens (tertiary/aromatic N) is 3. The molecule has 33 heavy (non-hydrogen) atoms. The summed E-state index contributed by atoms with van der Waals surface area (Å²) in [5.74, 6) is 0.137. The Labute approximate surface area is 201 Å². The van der Waals surface area contributed by atoms with Crippen LogP contribution >= 0.6 is 11.6 Å². The average Bonchev–Trinajstić information content (AvgIpc) is 3.38. The minimum atomic E-state index is 0.137. The van der Waals surface area contributed by atoms with Crippen LogP contribution in [0.3, 0.4) is 0 Å². The fourth-order valence-electron chi connectivity index (χ4n) is 5.62. The van der Waals surface area contributed by atoms with Gasteiger partial charge in [-0.3, -0.25) is 4.79 Å². The molecule has 1 N–H and O–H groups in total. The SMILES string of the molecule is CCN(CC)CCn1cc(C(=O)N2CCC3(CC2)CNc2ccccc23)c2ccc(Cl)cc21. The number of likely N-dealkylation sites (N-methyl/N-ethyl adjacent to an activating group) is 1. The highest BCUT2D eigenvalue weighted by Gasteiger charge is 2.42. The number of nitrogens with one attached hydrogen (secondary N) is 1. The third-order valence-corrected chi connectivity index (χ3v) is 7.98. The minimum absolute atomic E-state index is 0.137. The number of aromatic nitrogens is 1. The number of rotatable bonds is 6. The third-order valence-electron chi connectivity index (χ3n) is 7.75. The average molecular weight is 465 g/mol. The molecule has 1 spiro atoms. The largest absolute Gasteiger partial charge is 0.384 e. The summed E-state index contributed by atoms with van der Waals surface area (Å²) in [6.45, 7) is 10.8. The molecule has 0 saturated carbocycles. The molecule has 2 aliphatic rings. The second-order valence-corrected chi connectivity index (χ2v) is 9.83. The van der Waals surface area contributed by atoms with Crippen molar-refractivity contribution in [1.82, 2.24) is 14.4 Å². The van der Waals surface area contributed by atoms with E-state index in [0.717, 1.165) is 75.1 Å². The molecule has 3 heterocycles. The predicted octanol–water partition coefficient (Wildman–Crippen LogP) is 5.24. The molecule has 3 aromatic rings. The smallest absolute Gasteiger partial charge is 0.256 e. The van der Waals surface area contributed by atoms with Gasteiger partial charge in [0.2, 0.25) is 0 Å². The number of carbonyl (C=O) groups is 1. The van der Waals surface area contributed by atoms with Crippen LogP contribution in [-0.4, -0.2) is 59.5 Å². The molecule has 1 amide bonds. The Kier molecular flexibility index (Phi) is 6.11. The number of hydrogen-bond acceptors (Lipinski definition) is 3. The molecule has 1 fully saturated rings. The summed E-state index contributed by atoms with van der Waals surface area (Å²) in [5, 5.41) is 5.28. The van der Waals surface area contributed by atoms with Crippen LogP contribution in [0.4, 0.5) is 5.69 Å². The Balaban J connectivity index is 1.37. The normalized spacial score (nSPS) is 17.0. The van der Waals surface area contributed by atoms with Gasteiger partial charge in [0.1, 0.15) is 0 Å². The Morgan fingerprint density at radius 1 is 1.12 bits per heavy atom. The van der Waals surface area contributed by atoms with Crippen LogP contribution < -0.4 is 5.32 Å². The lowest BCUT2D eigenvalue weighted by Gasteiger charge is -2.39. The fraction of sp³-hybridized carbons (Fsp3) is 0.444. The van der Waals surface area contributed by atoms with E-state index in [2.05, 4.69) is 52.9 Å². The van der Waals surface area contributed by atoms with Gasteiger partial charge in [0.15, 0.2) is 0 Å². The van der Waals surface area contributed by atoms with E-state index in [0.29, 0.717) is 5.02 Å². The molecule has 6 heteroatoms. The highest BCUT2D eigenvalue weighted by molar-refractivity contribution is 6.31. The van der Waals surface area contributed by atoms with Gasteiger partial charge in [-0.2, -0.15) is 0 Å². The van der Waals surface area contributed by atoms with Crippen LogP contribution in [0.1, 0.15) is 42.6 Å². The van der Waals surface area contributed by atoms with Crippen LogP contribution in [0.2, 0.25) is 5.02 Å². The molecular formula is C27H33ClN4O. The van der Waals surface area contributed by atoms with Crippen molar-refractivity contribution in [3.63, 3.8) is 0 Å². The second-order valence-electron chi connectivity index (χ2n) is 9.40. The van der Waals surface area contributed by atoms with Gasteiger partial charge in [0, 0.05) is 60.4 Å². The Morgan fingerprint density at radius 3 is 2.64 bits per heavy atom.